The summed E-state index contributed by atoms with van der Waals surface area (Å²) in [4.78, 5) is 13.7. The number of nitrogens with zero attached hydrogens (tertiary/aromatic N) is 1. The van der Waals surface area contributed by atoms with Gasteiger partial charge in [0.1, 0.15) is 5.76 Å². The summed E-state index contributed by atoms with van der Waals surface area (Å²) in [6, 6.07) is 10.2. The number of amides is 1. The average Bonchev–Trinajstić information content (AvgIpc) is 3.34. The number of benzene rings is 1. The highest BCUT2D eigenvalue weighted by Crippen LogP contribution is 2.25. The molecule has 5 nitrogen and oxygen atoms in total. The lowest BCUT2D eigenvalue weighted by atomic mass is 10.1. The second kappa shape index (κ2) is 8.01. The fourth-order valence-electron chi connectivity index (χ4n) is 2.55. The maximum atomic E-state index is 13.1. The molecule has 0 N–H and O–H groups in total. The van der Waals surface area contributed by atoms with Gasteiger partial charge in [-0.1, -0.05) is 12.1 Å². The van der Waals surface area contributed by atoms with Gasteiger partial charge in [0.05, 0.1) is 23.3 Å². The van der Waals surface area contributed by atoms with Gasteiger partial charge >= 0.3 is 5.76 Å². The third-order valence-electron chi connectivity index (χ3n) is 3.83. The van der Waals surface area contributed by atoms with Gasteiger partial charge in [0.2, 0.25) is 9.84 Å². The predicted octanol–water partition coefficient (Wildman–Crippen LogP) is 4.18. The SMILES string of the molecule is O=C(c1ccccc1S(=O)(=O)C(F)F)N(Cc1ccsc1)Cc1ccco1. The minimum Gasteiger partial charge on any atom is -0.467 e. The number of carbonyl (C=O) groups excluding carboxylic acids is 1. The van der Waals surface area contributed by atoms with Crippen molar-refractivity contribution < 1.29 is 26.4 Å². The van der Waals surface area contributed by atoms with Crippen LogP contribution >= 0.6 is 11.3 Å². The Kier molecular flexibility index (Phi) is 5.71. The number of hydrogen-bond donors (Lipinski definition) is 0. The minimum atomic E-state index is -4.91. The molecule has 3 rings (SSSR count). The molecule has 1 amide bonds. The molecule has 0 unspecified atom stereocenters. The van der Waals surface area contributed by atoms with Crippen LogP contribution in [0.15, 0.2) is 68.8 Å². The molecule has 2 aromatic heterocycles. The van der Waals surface area contributed by atoms with Crippen LogP contribution in [0.5, 0.6) is 0 Å². The van der Waals surface area contributed by atoms with Crippen molar-refractivity contribution in [2.45, 2.75) is 23.7 Å². The van der Waals surface area contributed by atoms with Crippen LogP contribution in [0.1, 0.15) is 21.7 Å². The van der Waals surface area contributed by atoms with E-state index in [1.54, 1.807) is 12.1 Å². The first-order valence-electron chi connectivity index (χ1n) is 7.83. The number of carbonyl (C=O) groups is 1. The number of halogens is 2. The zero-order valence-electron chi connectivity index (χ0n) is 13.9. The van der Waals surface area contributed by atoms with Gasteiger partial charge in [-0.05, 0) is 46.7 Å². The lowest BCUT2D eigenvalue weighted by Crippen LogP contribution is -2.31. The Morgan fingerprint density at radius 3 is 2.52 bits per heavy atom. The van der Waals surface area contributed by atoms with Crippen molar-refractivity contribution in [2.75, 3.05) is 0 Å². The third kappa shape index (κ3) is 4.25. The summed E-state index contributed by atoms with van der Waals surface area (Å²) in [5.74, 6) is -3.79. The van der Waals surface area contributed by atoms with Crippen LogP contribution in [-0.2, 0) is 22.9 Å². The van der Waals surface area contributed by atoms with Gasteiger partial charge in [-0.2, -0.15) is 20.1 Å². The Morgan fingerprint density at radius 1 is 1.11 bits per heavy atom. The third-order valence-corrected chi connectivity index (χ3v) is 6.00. The number of sulfone groups is 1. The molecule has 1 aromatic carbocycles. The van der Waals surface area contributed by atoms with E-state index >= 15 is 0 Å². The van der Waals surface area contributed by atoms with Crippen molar-refractivity contribution in [1.82, 2.24) is 4.90 Å². The molecule has 142 valence electrons. The number of furan rings is 1. The first-order chi connectivity index (χ1) is 12.9. The van der Waals surface area contributed by atoms with Crippen LogP contribution < -0.4 is 0 Å². The van der Waals surface area contributed by atoms with E-state index in [2.05, 4.69) is 0 Å². The van der Waals surface area contributed by atoms with E-state index in [-0.39, 0.29) is 18.7 Å². The van der Waals surface area contributed by atoms with Gasteiger partial charge in [-0.25, -0.2) is 8.42 Å². The van der Waals surface area contributed by atoms with E-state index in [1.165, 1.54) is 40.7 Å². The Balaban J connectivity index is 1.99. The predicted molar refractivity (Wildman–Crippen MR) is 96.2 cm³/mol. The fraction of sp³-hybridized carbons (Fsp3) is 0.167. The quantitative estimate of drug-likeness (QED) is 0.585. The number of alkyl halides is 2. The van der Waals surface area contributed by atoms with Crippen LogP contribution in [0, 0.1) is 0 Å². The number of hydrogen-bond acceptors (Lipinski definition) is 5. The first kappa shape index (κ1) is 19.2. The van der Waals surface area contributed by atoms with Gasteiger partial charge in [-0.3, -0.25) is 4.79 Å². The van der Waals surface area contributed by atoms with Crippen LogP contribution in [-0.4, -0.2) is 25.0 Å². The molecule has 27 heavy (non-hydrogen) atoms. The molecule has 0 spiro atoms. The standard InChI is InChI=1S/C18H15F2NO4S2/c19-18(20)27(23,24)16-6-2-1-5-15(16)17(22)21(10-13-7-9-26-12-13)11-14-4-3-8-25-14/h1-9,12,18H,10-11H2. The molecule has 0 aliphatic carbocycles. The highest BCUT2D eigenvalue weighted by atomic mass is 32.2. The molecular formula is C18H15F2NO4S2. The molecular weight excluding hydrogens is 396 g/mol. The summed E-state index contributed by atoms with van der Waals surface area (Å²) >= 11 is 1.45. The Labute approximate surface area is 158 Å². The van der Waals surface area contributed by atoms with E-state index in [0.29, 0.717) is 5.76 Å². The smallest absolute Gasteiger partial charge is 0.341 e. The van der Waals surface area contributed by atoms with Gasteiger partial charge < -0.3 is 9.32 Å². The van der Waals surface area contributed by atoms with Gasteiger partial charge in [-0.15, -0.1) is 0 Å². The Bertz CT molecular complexity index is 964. The Hall–Kier alpha value is -2.52. The summed E-state index contributed by atoms with van der Waals surface area (Å²) in [5.41, 5.74) is 0.550. The lowest BCUT2D eigenvalue weighted by Gasteiger charge is -2.22. The van der Waals surface area contributed by atoms with Crippen LogP contribution in [0.2, 0.25) is 0 Å². The molecule has 0 aliphatic heterocycles. The zero-order valence-corrected chi connectivity index (χ0v) is 15.6. The first-order valence-corrected chi connectivity index (χ1v) is 10.3. The second-order valence-corrected chi connectivity index (χ2v) is 8.34. The van der Waals surface area contributed by atoms with Crippen LogP contribution in [0.3, 0.4) is 0 Å². The maximum absolute atomic E-state index is 13.1. The van der Waals surface area contributed by atoms with E-state index < -0.39 is 26.4 Å². The molecule has 2 heterocycles. The van der Waals surface area contributed by atoms with E-state index in [9.17, 15) is 22.0 Å². The van der Waals surface area contributed by atoms with Crippen molar-refractivity contribution >= 4 is 27.1 Å². The van der Waals surface area contributed by atoms with Crippen molar-refractivity contribution in [3.63, 3.8) is 0 Å². The van der Waals surface area contributed by atoms with Crippen LogP contribution in [0.25, 0.3) is 0 Å². The van der Waals surface area contributed by atoms with Crippen molar-refractivity contribution in [3.05, 3.63) is 76.4 Å². The molecule has 0 aliphatic rings. The maximum Gasteiger partial charge on any atom is 0.341 e. The van der Waals surface area contributed by atoms with Crippen molar-refractivity contribution in [3.8, 4) is 0 Å². The Morgan fingerprint density at radius 2 is 1.89 bits per heavy atom. The minimum absolute atomic E-state index is 0.0741. The molecule has 0 bridgehead atoms. The molecule has 0 atom stereocenters. The topological polar surface area (TPSA) is 67.6 Å². The summed E-state index contributed by atoms with van der Waals surface area (Å²) in [6.45, 7) is 0.261. The lowest BCUT2D eigenvalue weighted by molar-refractivity contribution is 0.0714. The summed E-state index contributed by atoms with van der Waals surface area (Å²) in [7, 11) is -4.91. The van der Waals surface area contributed by atoms with Crippen molar-refractivity contribution in [2.24, 2.45) is 0 Å². The number of thiophene rings is 1. The van der Waals surface area contributed by atoms with Gasteiger partial charge in [0.15, 0.2) is 0 Å². The molecule has 3 aromatic rings. The molecule has 0 radical (unpaired) electrons. The van der Waals surface area contributed by atoms with Crippen LogP contribution in [0.4, 0.5) is 8.78 Å². The van der Waals surface area contributed by atoms with E-state index in [0.717, 1.165) is 11.6 Å². The molecule has 0 fully saturated rings. The normalized spacial score (nSPS) is 11.7. The largest absolute Gasteiger partial charge is 0.467 e. The summed E-state index contributed by atoms with van der Waals surface area (Å²) < 4.78 is 55.3. The zero-order chi connectivity index (χ0) is 19.4. The average molecular weight is 411 g/mol. The van der Waals surface area contributed by atoms with E-state index in [4.69, 9.17) is 4.42 Å². The monoisotopic (exact) mass is 411 g/mol. The molecule has 0 saturated heterocycles. The van der Waals surface area contributed by atoms with E-state index in [1.807, 2.05) is 16.8 Å². The summed E-state index contributed by atoms with van der Waals surface area (Å²) in [6.07, 6.45) is 1.46. The highest BCUT2D eigenvalue weighted by Gasteiger charge is 2.32. The molecule has 9 heteroatoms. The fourth-order valence-corrected chi connectivity index (χ4v) is 4.13. The van der Waals surface area contributed by atoms with Gasteiger partial charge in [0, 0.05) is 6.54 Å². The second-order valence-electron chi connectivity index (χ2n) is 5.67. The summed E-state index contributed by atoms with van der Waals surface area (Å²) in [5, 5.41) is 3.70. The number of rotatable bonds is 7. The van der Waals surface area contributed by atoms with Gasteiger partial charge in [0.25, 0.3) is 5.91 Å². The molecule has 0 saturated carbocycles. The van der Waals surface area contributed by atoms with Crippen molar-refractivity contribution in [1.29, 1.82) is 0 Å². The highest BCUT2D eigenvalue weighted by molar-refractivity contribution is 7.91.